The van der Waals surface area contributed by atoms with Gasteiger partial charge in [-0.1, -0.05) is 6.08 Å². The predicted octanol–water partition coefficient (Wildman–Crippen LogP) is 0.593. The van der Waals surface area contributed by atoms with Crippen LogP contribution in [0.15, 0.2) is 24.7 Å². The number of hydrogen-bond donors (Lipinski definition) is 2. The Bertz CT molecular complexity index is 251. The van der Waals surface area contributed by atoms with Gasteiger partial charge >= 0.3 is 5.97 Å². The van der Waals surface area contributed by atoms with E-state index in [-0.39, 0.29) is 0 Å². The molecule has 58 valence electrons. The zero-order valence-corrected chi connectivity index (χ0v) is 5.82. The van der Waals surface area contributed by atoms with E-state index in [9.17, 15) is 4.79 Å². The first-order chi connectivity index (χ1) is 5.29. The summed E-state index contributed by atoms with van der Waals surface area (Å²) in [6.07, 6.45) is 6.47. The molecule has 4 nitrogen and oxygen atoms in total. The molecule has 0 bridgehead atoms. The van der Waals surface area contributed by atoms with Crippen molar-refractivity contribution < 1.29 is 9.90 Å². The number of imidazole rings is 1. The second-order valence-corrected chi connectivity index (χ2v) is 2.02. The fourth-order valence-corrected chi connectivity index (χ4v) is 0.683. The van der Waals surface area contributed by atoms with Gasteiger partial charge in [0.25, 0.3) is 0 Å². The number of aromatic nitrogens is 2. The number of aliphatic carboxylic acids is 1. The van der Waals surface area contributed by atoms with Crippen LogP contribution in [0.5, 0.6) is 0 Å². The molecular weight excluding hydrogens is 144 g/mol. The fourth-order valence-electron chi connectivity index (χ4n) is 0.683. The van der Waals surface area contributed by atoms with Gasteiger partial charge in [0.2, 0.25) is 0 Å². The van der Waals surface area contributed by atoms with Crippen LogP contribution in [0.3, 0.4) is 0 Å². The number of hydrogen-bond acceptors (Lipinski definition) is 2. The van der Waals surface area contributed by atoms with Gasteiger partial charge < -0.3 is 10.1 Å². The number of H-pyrrole nitrogens is 1. The average Bonchev–Trinajstić information content (AvgIpc) is 2.39. The van der Waals surface area contributed by atoms with E-state index < -0.39 is 5.97 Å². The topological polar surface area (TPSA) is 66.0 Å². The van der Waals surface area contributed by atoms with Crippen molar-refractivity contribution in [2.75, 3.05) is 0 Å². The van der Waals surface area contributed by atoms with Gasteiger partial charge in [-0.3, -0.25) is 0 Å². The summed E-state index contributed by atoms with van der Waals surface area (Å²) in [6, 6.07) is 0. The van der Waals surface area contributed by atoms with Crippen molar-refractivity contribution in [3.63, 3.8) is 0 Å². The molecule has 1 aromatic heterocycles. The maximum atomic E-state index is 10.0. The summed E-state index contributed by atoms with van der Waals surface area (Å²) in [4.78, 5) is 16.7. The number of rotatable bonds is 3. The van der Waals surface area contributed by atoms with E-state index in [0.29, 0.717) is 6.42 Å². The third-order valence-corrected chi connectivity index (χ3v) is 1.15. The lowest BCUT2D eigenvalue weighted by atomic mass is 10.3. The Balaban J connectivity index is 2.40. The standard InChI is InChI=1S/C7H8N2O2/c10-7(11)3-1-2-6-4-8-5-9-6/h1,3-5H,2H2,(H,8,9)(H,10,11)/b3-1+. The highest BCUT2D eigenvalue weighted by Gasteiger charge is 1.89. The van der Waals surface area contributed by atoms with Crippen LogP contribution in [0.2, 0.25) is 0 Å². The molecule has 0 aliphatic carbocycles. The smallest absolute Gasteiger partial charge is 0.327 e. The molecule has 0 radical (unpaired) electrons. The summed E-state index contributed by atoms with van der Waals surface area (Å²) >= 11 is 0. The normalized spacial score (nSPS) is 10.5. The van der Waals surface area contributed by atoms with Gasteiger partial charge in [-0.2, -0.15) is 0 Å². The fraction of sp³-hybridized carbons (Fsp3) is 0.143. The third kappa shape index (κ3) is 2.66. The Kier molecular flexibility index (Phi) is 2.43. The summed E-state index contributed by atoms with van der Waals surface area (Å²) < 4.78 is 0. The molecule has 0 spiro atoms. The van der Waals surface area contributed by atoms with Crippen LogP contribution in [0.25, 0.3) is 0 Å². The Labute approximate surface area is 63.6 Å². The molecule has 2 N–H and O–H groups in total. The van der Waals surface area contributed by atoms with Gasteiger partial charge in [0.05, 0.1) is 6.33 Å². The lowest BCUT2D eigenvalue weighted by Crippen LogP contribution is -1.87. The molecule has 0 saturated carbocycles. The van der Waals surface area contributed by atoms with Crippen molar-refractivity contribution in [2.45, 2.75) is 6.42 Å². The van der Waals surface area contributed by atoms with Crippen molar-refractivity contribution in [1.82, 2.24) is 9.97 Å². The average molecular weight is 152 g/mol. The molecule has 0 atom stereocenters. The van der Waals surface area contributed by atoms with Crippen LogP contribution in [-0.2, 0) is 11.2 Å². The summed E-state index contributed by atoms with van der Waals surface area (Å²) in [5, 5.41) is 8.23. The number of nitrogens with one attached hydrogen (secondary N) is 1. The van der Waals surface area contributed by atoms with Crippen molar-refractivity contribution in [1.29, 1.82) is 0 Å². The van der Waals surface area contributed by atoms with Crippen LogP contribution < -0.4 is 0 Å². The Morgan fingerprint density at radius 3 is 3.18 bits per heavy atom. The molecule has 0 aromatic carbocycles. The summed E-state index contributed by atoms with van der Waals surface area (Å²) in [7, 11) is 0. The maximum absolute atomic E-state index is 10.0. The Hall–Kier alpha value is -1.58. The second kappa shape index (κ2) is 3.55. The number of carboxylic acid groups (broad SMARTS) is 1. The number of carbonyl (C=O) groups is 1. The molecule has 1 aromatic rings. The van der Waals surface area contributed by atoms with Gasteiger partial charge in [-0.05, 0) is 0 Å². The van der Waals surface area contributed by atoms with Crippen molar-refractivity contribution in [2.24, 2.45) is 0 Å². The monoisotopic (exact) mass is 152 g/mol. The van der Waals surface area contributed by atoms with Crippen molar-refractivity contribution in [3.8, 4) is 0 Å². The summed E-state index contributed by atoms with van der Waals surface area (Å²) in [5.74, 6) is -0.926. The van der Waals surface area contributed by atoms with Crippen LogP contribution in [-0.4, -0.2) is 21.0 Å². The second-order valence-electron chi connectivity index (χ2n) is 2.02. The molecule has 0 unspecified atom stereocenters. The lowest BCUT2D eigenvalue weighted by molar-refractivity contribution is -0.131. The molecule has 0 fully saturated rings. The van der Waals surface area contributed by atoms with E-state index in [2.05, 4.69) is 9.97 Å². The van der Waals surface area contributed by atoms with Crippen LogP contribution in [0.4, 0.5) is 0 Å². The highest BCUT2D eigenvalue weighted by Crippen LogP contribution is 1.92. The SMILES string of the molecule is O=C(O)/C=C/Cc1cnc[nH]1. The minimum Gasteiger partial charge on any atom is -0.478 e. The summed E-state index contributed by atoms with van der Waals surface area (Å²) in [5.41, 5.74) is 0.905. The van der Waals surface area contributed by atoms with E-state index in [0.717, 1.165) is 11.8 Å². The Morgan fingerprint density at radius 1 is 1.82 bits per heavy atom. The highest BCUT2D eigenvalue weighted by molar-refractivity contribution is 5.79. The first kappa shape index (κ1) is 7.53. The zero-order chi connectivity index (χ0) is 8.10. The lowest BCUT2D eigenvalue weighted by Gasteiger charge is -1.85. The molecule has 0 aliphatic heterocycles. The van der Waals surface area contributed by atoms with Crippen LogP contribution in [0, 0.1) is 0 Å². The number of carboxylic acids is 1. The molecule has 0 aliphatic rings. The molecular formula is C7H8N2O2. The Morgan fingerprint density at radius 2 is 2.64 bits per heavy atom. The first-order valence-corrected chi connectivity index (χ1v) is 3.16. The van der Waals surface area contributed by atoms with Crippen molar-refractivity contribution >= 4 is 5.97 Å². The first-order valence-electron chi connectivity index (χ1n) is 3.16. The number of nitrogens with zero attached hydrogens (tertiary/aromatic N) is 1. The van der Waals surface area contributed by atoms with Gasteiger partial charge in [0, 0.05) is 24.4 Å². The van der Waals surface area contributed by atoms with E-state index in [4.69, 9.17) is 5.11 Å². The van der Waals surface area contributed by atoms with Gasteiger partial charge in [-0.25, -0.2) is 9.78 Å². The molecule has 0 saturated heterocycles. The van der Waals surface area contributed by atoms with E-state index in [1.54, 1.807) is 18.6 Å². The van der Waals surface area contributed by atoms with Gasteiger partial charge in [0.15, 0.2) is 0 Å². The van der Waals surface area contributed by atoms with E-state index in [1.807, 2.05) is 0 Å². The number of aromatic amines is 1. The minimum absolute atomic E-state index is 0.576. The third-order valence-electron chi connectivity index (χ3n) is 1.15. The molecule has 1 heterocycles. The zero-order valence-electron chi connectivity index (χ0n) is 5.82. The molecule has 0 amide bonds. The van der Waals surface area contributed by atoms with Gasteiger partial charge in [0.1, 0.15) is 0 Å². The molecule has 1 rings (SSSR count). The molecule has 4 heteroatoms. The van der Waals surface area contributed by atoms with E-state index in [1.165, 1.54) is 0 Å². The maximum Gasteiger partial charge on any atom is 0.327 e. The van der Waals surface area contributed by atoms with Crippen LogP contribution in [0.1, 0.15) is 5.69 Å². The number of allylic oxidation sites excluding steroid dienone is 1. The van der Waals surface area contributed by atoms with Crippen molar-refractivity contribution in [3.05, 3.63) is 30.4 Å². The molecule has 11 heavy (non-hydrogen) atoms. The van der Waals surface area contributed by atoms with Crippen LogP contribution >= 0.6 is 0 Å². The predicted molar refractivity (Wildman–Crippen MR) is 39.1 cm³/mol. The van der Waals surface area contributed by atoms with Gasteiger partial charge in [-0.15, -0.1) is 0 Å². The highest BCUT2D eigenvalue weighted by atomic mass is 16.4. The summed E-state index contributed by atoms with van der Waals surface area (Å²) in [6.45, 7) is 0. The quantitative estimate of drug-likeness (QED) is 0.623. The largest absolute Gasteiger partial charge is 0.478 e. The van der Waals surface area contributed by atoms with E-state index >= 15 is 0 Å². The minimum atomic E-state index is -0.926.